The molecule has 3 aromatic rings. The Morgan fingerprint density at radius 3 is 2.04 bits per heavy atom. The van der Waals surface area contributed by atoms with Gasteiger partial charge in [0.25, 0.3) is 11.8 Å². The number of carbonyl (C=O) groups is 2. The van der Waals surface area contributed by atoms with Crippen molar-refractivity contribution < 1.29 is 14.3 Å². The summed E-state index contributed by atoms with van der Waals surface area (Å²) in [6, 6.07) is 21.3. The minimum absolute atomic E-state index is 0.271. The third kappa shape index (κ3) is 4.33. The molecule has 0 saturated carbocycles. The van der Waals surface area contributed by atoms with Crippen molar-refractivity contribution in [2.75, 3.05) is 17.7 Å². The predicted molar refractivity (Wildman–Crippen MR) is 107 cm³/mol. The molecule has 3 rings (SSSR count). The molecule has 0 aliphatic carbocycles. The van der Waals surface area contributed by atoms with Crippen molar-refractivity contribution in [3.63, 3.8) is 0 Å². The van der Waals surface area contributed by atoms with Gasteiger partial charge in [0, 0.05) is 5.56 Å². The van der Waals surface area contributed by atoms with Gasteiger partial charge in [0.15, 0.2) is 0 Å². The first kappa shape index (κ1) is 18.2. The Bertz CT molecular complexity index is 965. The third-order valence-corrected chi connectivity index (χ3v) is 4.09. The van der Waals surface area contributed by atoms with Crippen LogP contribution in [0.1, 0.15) is 26.3 Å². The molecule has 0 unspecified atom stereocenters. The van der Waals surface area contributed by atoms with Crippen molar-refractivity contribution >= 4 is 23.2 Å². The van der Waals surface area contributed by atoms with Gasteiger partial charge >= 0.3 is 0 Å². The number of rotatable bonds is 5. The van der Waals surface area contributed by atoms with Crippen LogP contribution in [0, 0.1) is 6.92 Å². The number of amides is 2. The van der Waals surface area contributed by atoms with Crippen LogP contribution in [0.2, 0.25) is 0 Å². The van der Waals surface area contributed by atoms with E-state index in [-0.39, 0.29) is 11.8 Å². The van der Waals surface area contributed by atoms with Crippen LogP contribution in [-0.4, -0.2) is 18.9 Å². The molecule has 0 spiro atoms. The first-order valence-corrected chi connectivity index (χ1v) is 8.50. The third-order valence-electron chi connectivity index (χ3n) is 4.09. The Kier molecular flexibility index (Phi) is 5.52. The zero-order chi connectivity index (χ0) is 19.2. The van der Waals surface area contributed by atoms with E-state index in [1.165, 1.54) is 0 Å². The summed E-state index contributed by atoms with van der Waals surface area (Å²) >= 11 is 0. The molecule has 3 aromatic carbocycles. The molecule has 0 aromatic heterocycles. The molecule has 0 heterocycles. The first-order valence-electron chi connectivity index (χ1n) is 8.50. The van der Waals surface area contributed by atoms with Crippen molar-refractivity contribution in [1.29, 1.82) is 0 Å². The van der Waals surface area contributed by atoms with Crippen molar-refractivity contribution in [2.24, 2.45) is 0 Å². The van der Waals surface area contributed by atoms with Gasteiger partial charge in [0.05, 0.1) is 24.0 Å². The molecule has 0 atom stereocenters. The second-order valence-corrected chi connectivity index (χ2v) is 6.02. The van der Waals surface area contributed by atoms with Gasteiger partial charge in [-0.1, -0.05) is 42.0 Å². The highest BCUT2D eigenvalue weighted by atomic mass is 16.5. The second kappa shape index (κ2) is 8.19. The van der Waals surface area contributed by atoms with Crippen LogP contribution < -0.4 is 15.4 Å². The SMILES string of the molecule is COc1ccccc1NC(=O)c1ccccc1NC(=O)c1ccc(C)cc1. The van der Waals surface area contributed by atoms with Gasteiger partial charge in [-0.05, 0) is 43.3 Å². The molecule has 0 aliphatic heterocycles. The molecule has 0 bridgehead atoms. The molecule has 2 N–H and O–H groups in total. The van der Waals surface area contributed by atoms with Crippen LogP contribution in [0.15, 0.2) is 72.8 Å². The second-order valence-electron chi connectivity index (χ2n) is 6.02. The average molecular weight is 360 g/mol. The molecule has 5 nitrogen and oxygen atoms in total. The Balaban J connectivity index is 1.82. The van der Waals surface area contributed by atoms with Crippen LogP contribution >= 0.6 is 0 Å². The molecule has 0 fully saturated rings. The van der Waals surface area contributed by atoms with E-state index in [1.807, 2.05) is 31.2 Å². The minimum atomic E-state index is -0.334. The van der Waals surface area contributed by atoms with E-state index < -0.39 is 0 Å². The number of hydrogen-bond acceptors (Lipinski definition) is 3. The topological polar surface area (TPSA) is 67.4 Å². The fourth-order valence-corrected chi connectivity index (χ4v) is 2.63. The largest absolute Gasteiger partial charge is 0.495 e. The lowest BCUT2D eigenvalue weighted by atomic mass is 10.1. The maximum absolute atomic E-state index is 12.7. The molecule has 27 heavy (non-hydrogen) atoms. The van der Waals surface area contributed by atoms with Crippen molar-refractivity contribution in [1.82, 2.24) is 0 Å². The smallest absolute Gasteiger partial charge is 0.257 e. The Morgan fingerprint density at radius 2 is 1.33 bits per heavy atom. The summed E-state index contributed by atoms with van der Waals surface area (Å²) in [6.45, 7) is 1.96. The molecular weight excluding hydrogens is 340 g/mol. The van der Waals surface area contributed by atoms with E-state index in [0.717, 1.165) is 5.56 Å². The Hall–Kier alpha value is -3.60. The number of hydrogen-bond donors (Lipinski definition) is 2. The summed E-state index contributed by atoms with van der Waals surface area (Å²) in [4.78, 5) is 25.2. The lowest BCUT2D eigenvalue weighted by Gasteiger charge is -2.13. The van der Waals surface area contributed by atoms with E-state index in [9.17, 15) is 9.59 Å². The van der Waals surface area contributed by atoms with Crippen molar-refractivity contribution in [3.8, 4) is 5.75 Å². The lowest BCUT2D eigenvalue weighted by Crippen LogP contribution is -2.18. The average Bonchev–Trinajstić information content (AvgIpc) is 2.69. The van der Waals surface area contributed by atoms with E-state index >= 15 is 0 Å². The van der Waals surface area contributed by atoms with Gasteiger partial charge in [-0.3, -0.25) is 9.59 Å². The molecule has 0 aliphatic rings. The molecule has 0 radical (unpaired) electrons. The summed E-state index contributed by atoms with van der Waals surface area (Å²) < 4.78 is 5.26. The summed E-state index contributed by atoms with van der Waals surface area (Å²) in [7, 11) is 1.54. The molecule has 136 valence electrons. The van der Waals surface area contributed by atoms with E-state index in [1.54, 1.807) is 55.6 Å². The van der Waals surface area contributed by atoms with Crippen LogP contribution in [0.4, 0.5) is 11.4 Å². The lowest BCUT2D eigenvalue weighted by molar-refractivity contribution is 0.102. The van der Waals surface area contributed by atoms with Crippen LogP contribution in [0.5, 0.6) is 5.75 Å². The van der Waals surface area contributed by atoms with Crippen LogP contribution in [0.3, 0.4) is 0 Å². The fraction of sp³-hybridized carbons (Fsp3) is 0.0909. The highest BCUT2D eigenvalue weighted by molar-refractivity contribution is 6.12. The molecule has 0 saturated heterocycles. The number of nitrogens with one attached hydrogen (secondary N) is 2. The number of benzene rings is 3. The molecule has 5 heteroatoms. The number of anilines is 2. The van der Waals surface area contributed by atoms with Gasteiger partial charge in [0.1, 0.15) is 5.75 Å². The van der Waals surface area contributed by atoms with E-state index in [0.29, 0.717) is 28.3 Å². The maximum atomic E-state index is 12.7. The number of ether oxygens (including phenoxy) is 1. The summed E-state index contributed by atoms with van der Waals surface area (Å²) in [5.74, 6) is -0.0427. The minimum Gasteiger partial charge on any atom is -0.495 e. The van der Waals surface area contributed by atoms with Gasteiger partial charge < -0.3 is 15.4 Å². The zero-order valence-electron chi connectivity index (χ0n) is 15.2. The van der Waals surface area contributed by atoms with Gasteiger partial charge in [0.2, 0.25) is 0 Å². The molecule has 2 amide bonds. The fourth-order valence-electron chi connectivity index (χ4n) is 2.63. The van der Waals surface area contributed by atoms with Crippen LogP contribution in [0.25, 0.3) is 0 Å². The number of methoxy groups -OCH3 is 1. The number of para-hydroxylation sites is 3. The molecular formula is C22H20N2O3. The highest BCUT2D eigenvalue weighted by Crippen LogP contribution is 2.25. The van der Waals surface area contributed by atoms with E-state index in [4.69, 9.17) is 4.74 Å². The summed E-state index contributed by atoms with van der Waals surface area (Å²) in [6.07, 6.45) is 0. The van der Waals surface area contributed by atoms with Crippen LogP contribution in [-0.2, 0) is 0 Å². The maximum Gasteiger partial charge on any atom is 0.257 e. The first-order chi connectivity index (χ1) is 13.1. The summed E-state index contributed by atoms with van der Waals surface area (Å²) in [5, 5.41) is 5.63. The number of carbonyl (C=O) groups excluding carboxylic acids is 2. The van der Waals surface area contributed by atoms with Gasteiger partial charge in [-0.25, -0.2) is 0 Å². The van der Waals surface area contributed by atoms with Crippen molar-refractivity contribution in [2.45, 2.75) is 6.92 Å². The van der Waals surface area contributed by atoms with E-state index in [2.05, 4.69) is 10.6 Å². The monoisotopic (exact) mass is 360 g/mol. The number of aryl methyl sites for hydroxylation is 1. The quantitative estimate of drug-likeness (QED) is 0.703. The van der Waals surface area contributed by atoms with Crippen molar-refractivity contribution in [3.05, 3.63) is 89.5 Å². The zero-order valence-corrected chi connectivity index (χ0v) is 15.2. The Labute approximate surface area is 158 Å². The standard InChI is InChI=1S/C22H20N2O3/c1-15-11-13-16(14-12-15)21(25)23-18-8-4-3-7-17(18)22(26)24-19-9-5-6-10-20(19)27-2/h3-14H,1-2H3,(H,23,25)(H,24,26). The van der Waals surface area contributed by atoms with Gasteiger partial charge in [-0.2, -0.15) is 0 Å². The predicted octanol–water partition coefficient (Wildman–Crippen LogP) is 4.51. The Morgan fingerprint density at radius 1 is 0.741 bits per heavy atom. The highest BCUT2D eigenvalue weighted by Gasteiger charge is 2.15. The normalized spacial score (nSPS) is 10.1. The summed E-state index contributed by atoms with van der Waals surface area (Å²) in [5.41, 5.74) is 2.97. The van der Waals surface area contributed by atoms with Gasteiger partial charge in [-0.15, -0.1) is 0 Å².